The third kappa shape index (κ3) is 5.58. The van der Waals surface area contributed by atoms with E-state index in [1.165, 1.54) is 0 Å². The third-order valence-corrected chi connectivity index (χ3v) is 1.04. The molecule has 0 aromatic heterocycles. The number of rotatable bonds is 3. The van der Waals surface area contributed by atoms with Crippen LogP contribution in [-0.2, 0) is 4.79 Å². The largest absolute Gasteiger partial charge is 0.345 e. The molecule has 0 rings (SSSR count). The lowest BCUT2D eigenvalue weighted by Gasteiger charge is -1.96. The number of thiol groups is 1. The summed E-state index contributed by atoms with van der Waals surface area (Å²) in [7, 11) is 4.86. The van der Waals surface area contributed by atoms with Gasteiger partial charge in [-0.05, 0) is 5.75 Å². The van der Waals surface area contributed by atoms with Crippen LogP contribution in [-0.4, -0.2) is 26.1 Å². The number of hydrogen-bond donors (Lipinski definition) is 2. The van der Waals surface area contributed by atoms with E-state index in [0.717, 1.165) is 0 Å². The molecule has 0 aromatic rings. The summed E-state index contributed by atoms with van der Waals surface area (Å²) in [4.78, 5) is 10.6. The van der Waals surface area contributed by atoms with Gasteiger partial charge in [-0.2, -0.15) is 18.4 Å². The van der Waals surface area contributed by atoms with Crippen molar-refractivity contribution in [1.29, 1.82) is 0 Å². The first-order chi connectivity index (χ1) is 4.81. The number of nitrogens with one attached hydrogen (secondary N) is 1. The van der Waals surface area contributed by atoms with Crippen LogP contribution in [0, 0.1) is 11.7 Å². The van der Waals surface area contributed by atoms with E-state index in [4.69, 9.17) is 7.85 Å². The summed E-state index contributed by atoms with van der Waals surface area (Å²) in [6, 6.07) is 0. The molecule has 0 unspecified atom stereocenters. The van der Waals surface area contributed by atoms with E-state index in [9.17, 15) is 4.79 Å². The molecule has 0 aliphatic rings. The highest BCUT2D eigenvalue weighted by Gasteiger charge is 1.94. The van der Waals surface area contributed by atoms with Gasteiger partial charge in [0.25, 0.3) is 0 Å². The molecule has 52 valence electrons. The maximum absolute atomic E-state index is 10.6. The molecule has 0 aliphatic carbocycles. The monoisotopic (exact) mass is 153 g/mol. The number of carbonyl (C=O) groups is 1. The zero-order valence-electron chi connectivity index (χ0n) is 5.55. The topological polar surface area (TPSA) is 29.1 Å². The van der Waals surface area contributed by atoms with Crippen molar-refractivity contribution in [3.8, 4) is 11.7 Å². The summed E-state index contributed by atoms with van der Waals surface area (Å²) in [6.07, 6.45) is 0.426. The van der Waals surface area contributed by atoms with E-state index in [0.29, 0.717) is 18.7 Å². The predicted molar refractivity (Wildman–Crippen MR) is 45.0 cm³/mol. The Morgan fingerprint density at radius 1 is 1.70 bits per heavy atom. The molecule has 0 aliphatic heterocycles. The van der Waals surface area contributed by atoms with Crippen molar-refractivity contribution >= 4 is 26.4 Å². The Balaban J connectivity index is 3.27. The van der Waals surface area contributed by atoms with Gasteiger partial charge >= 0.3 is 0 Å². The predicted octanol–water partition coefficient (Wildman–Crippen LogP) is -0.448. The van der Waals surface area contributed by atoms with Gasteiger partial charge in [0.1, 0.15) is 0 Å². The summed E-state index contributed by atoms with van der Waals surface area (Å²) in [5, 5.41) is 2.54. The molecule has 0 spiro atoms. The lowest BCUT2D eigenvalue weighted by molar-refractivity contribution is -0.120. The second-order valence-corrected chi connectivity index (χ2v) is 2.02. The Morgan fingerprint density at radius 2 is 2.40 bits per heavy atom. The van der Waals surface area contributed by atoms with Gasteiger partial charge in [-0.3, -0.25) is 4.79 Å². The van der Waals surface area contributed by atoms with Crippen LogP contribution in [0.1, 0.15) is 6.42 Å². The maximum atomic E-state index is 10.6. The molecule has 10 heavy (non-hydrogen) atoms. The van der Waals surface area contributed by atoms with Gasteiger partial charge < -0.3 is 5.32 Å². The van der Waals surface area contributed by atoms with Crippen LogP contribution in [0.15, 0.2) is 0 Å². The average molecular weight is 153 g/mol. The fourth-order valence-electron chi connectivity index (χ4n) is 0.384. The summed E-state index contributed by atoms with van der Waals surface area (Å²) in [6.45, 7) is 0.323. The molecule has 2 radical (unpaired) electrons. The van der Waals surface area contributed by atoms with Crippen molar-refractivity contribution in [2.75, 3.05) is 12.3 Å². The first-order valence-corrected chi connectivity index (χ1v) is 3.50. The Morgan fingerprint density at radius 3 is 2.90 bits per heavy atom. The summed E-state index contributed by atoms with van der Waals surface area (Å²) < 4.78 is 0. The van der Waals surface area contributed by atoms with Crippen LogP contribution in [0.4, 0.5) is 0 Å². The maximum Gasteiger partial charge on any atom is 0.221 e. The molecule has 4 heteroatoms. The van der Waals surface area contributed by atoms with Gasteiger partial charge in [0.15, 0.2) is 7.85 Å². The van der Waals surface area contributed by atoms with E-state index in [1.807, 2.05) is 0 Å². The fourth-order valence-corrected chi connectivity index (χ4v) is 0.587. The molecule has 0 saturated carbocycles. The minimum Gasteiger partial charge on any atom is -0.345 e. The highest BCUT2D eigenvalue weighted by atomic mass is 32.1. The van der Waals surface area contributed by atoms with Crippen molar-refractivity contribution in [1.82, 2.24) is 5.32 Å². The second kappa shape index (κ2) is 6.56. The normalized spacial score (nSPS) is 7.70. The first-order valence-electron chi connectivity index (χ1n) is 2.87. The van der Waals surface area contributed by atoms with Crippen LogP contribution in [0.25, 0.3) is 0 Å². The van der Waals surface area contributed by atoms with Crippen molar-refractivity contribution in [3.05, 3.63) is 0 Å². The molecule has 2 nitrogen and oxygen atoms in total. The average Bonchev–Trinajstić information content (AvgIpc) is 1.89. The standard InChI is InChI=1S/C6H8BNOS/c7-3-1-4-8-6(9)2-5-10/h10H,2,4-5H2,(H,8,9). The molecular formula is C6H8BNOS. The van der Waals surface area contributed by atoms with Gasteiger partial charge in [-0.25, -0.2) is 0 Å². The Kier molecular flexibility index (Phi) is 6.20. The van der Waals surface area contributed by atoms with Crippen molar-refractivity contribution in [2.45, 2.75) is 6.42 Å². The zero-order chi connectivity index (χ0) is 7.82. The van der Waals surface area contributed by atoms with E-state index in [-0.39, 0.29) is 5.91 Å². The number of carbonyl (C=O) groups excluding carboxylic acids is 1. The summed E-state index contributed by atoms with van der Waals surface area (Å²) in [5.74, 6) is 5.20. The van der Waals surface area contributed by atoms with Crippen LogP contribution >= 0.6 is 12.6 Å². The minimum absolute atomic E-state index is 0.0437. The van der Waals surface area contributed by atoms with Gasteiger partial charge in [0.2, 0.25) is 5.91 Å². The minimum atomic E-state index is -0.0437. The van der Waals surface area contributed by atoms with Crippen molar-refractivity contribution in [2.24, 2.45) is 0 Å². The molecule has 0 saturated heterocycles. The van der Waals surface area contributed by atoms with Crippen molar-refractivity contribution < 1.29 is 4.79 Å². The summed E-state index contributed by atoms with van der Waals surface area (Å²) in [5.41, 5.74) is 0. The molecule has 0 heterocycles. The smallest absolute Gasteiger partial charge is 0.221 e. The third-order valence-electron chi connectivity index (χ3n) is 0.815. The molecule has 0 atom stereocenters. The van der Waals surface area contributed by atoms with Crippen LogP contribution in [0.3, 0.4) is 0 Å². The summed E-state index contributed by atoms with van der Waals surface area (Å²) >= 11 is 3.88. The van der Waals surface area contributed by atoms with E-state index in [1.54, 1.807) is 0 Å². The van der Waals surface area contributed by atoms with Gasteiger partial charge in [-0.15, -0.1) is 0 Å². The molecule has 1 amide bonds. The van der Waals surface area contributed by atoms with E-state index < -0.39 is 0 Å². The molecule has 1 N–H and O–H groups in total. The van der Waals surface area contributed by atoms with Crippen LogP contribution in [0.5, 0.6) is 0 Å². The number of amides is 1. The Hall–Kier alpha value is -0.555. The SMILES string of the molecule is [B]C#CCNC(=O)CCS. The first kappa shape index (κ1) is 9.44. The van der Waals surface area contributed by atoms with Gasteiger partial charge in [0, 0.05) is 6.42 Å². The lowest BCUT2D eigenvalue weighted by Crippen LogP contribution is -2.23. The molecule has 0 fully saturated rings. The highest BCUT2D eigenvalue weighted by molar-refractivity contribution is 7.80. The quantitative estimate of drug-likeness (QED) is 0.321. The van der Waals surface area contributed by atoms with Gasteiger partial charge in [0.05, 0.1) is 6.54 Å². The fraction of sp³-hybridized carbons (Fsp3) is 0.500. The zero-order valence-corrected chi connectivity index (χ0v) is 6.45. The van der Waals surface area contributed by atoms with Gasteiger partial charge in [-0.1, -0.05) is 5.92 Å². The lowest BCUT2D eigenvalue weighted by atomic mass is 10.2. The Bertz CT molecular complexity index is 161. The molecular weight excluding hydrogens is 145 g/mol. The molecule has 0 bridgehead atoms. The van der Waals surface area contributed by atoms with Crippen LogP contribution in [0.2, 0.25) is 0 Å². The molecule has 0 aromatic carbocycles. The highest BCUT2D eigenvalue weighted by Crippen LogP contribution is 1.81. The van der Waals surface area contributed by atoms with Crippen LogP contribution < -0.4 is 5.32 Å². The Labute approximate surface area is 67.6 Å². The van der Waals surface area contributed by atoms with E-state index >= 15 is 0 Å². The second-order valence-electron chi connectivity index (χ2n) is 1.57. The van der Waals surface area contributed by atoms with E-state index in [2.05, 4.69) is 29.7 Å². The van der Waals surface area contributed by atoms with Crippen molar-refractivity contribution in [3.63, 3.8) is 0 Å². The number of hydrogen-bond acceptors (Lipinski definition) is 2.